The molecule has 2 aromatic carbocycles. The molecule has 120 valence electrons. The molecule has 2 aromatic rings. The first-order chi connectivity index (χ1) is 11.1. The molecule has 0 radical (unpaired) electrons. The van der Waals surface area contributed by atoms with Crippen molar-refractivity contribution in [3.8, 4) is 11.5 Å². The fourth-order valence-electron chi connectivity index (χ4n) is 1.90. The van der Waals surface area contributed by atoms with E-state index in [1.165, 1.54) is 12.1 Å². The van der Waals surface area contributed by atoms with Crippen LogP contribution in [0.2, 0.25) is 0 Å². The lowest BCUT2D eigenvalue weighted by Gasteiger charge is -2.09. The van der Waals surface area contributed by atoms with E-state index in [-0.39, 0.29) is 18.1 Å². The molecule has 0 saturated heterocycles. The summed E-state index contributed by atoms with van der Waals surface area (Å²) in [6.45, 7) is 0.168. The van der Waals surface area contributed by atoms with E-state index in [2.05, 4.69) is 5.32 Å². The fraction of sp³-hybridized carbons (Fsp3) is 0.176. The lowest BCUT2D eigenvalue weighted by Crippen LogP contribution is -2.28. The minimum atomic E-state index is -1.04. The van der Waals surface area contributed by atoms with Crippen LogP contribution in [0.1, 0.15) is 15.9 Å². The largest absolute Gasteiger partial charge is 0.497 e. The summed E-state index contributed by atoms with van der Waals surface area (Å²) in [5, 5.41) is 11.6. The second kappa shape index (κ2) is 7.84. The molecule has 0 fully saturated rings. The maximum Gasteiger partial charge on any atom is 0.335 e. The van der Waals surface area contributed by atoms with Gasteiger partial charge in [-0.3, -0.25) is 4.79 Å². The van der Waals surface area contributed by atoms with Gasteiger partial charge in [-0.1, -0.05) is 18.2 Å². The van der Waals surface area contributed by atoms with Crippen molar-refractivity contribution in [2.75, 3.05) is 13.7 Å². The van der Waals surface area contributed by atoms with E-state index in [0.29, 0.717) is 12.3 Å². The van der Waals surface area contributed by atoms with Crippen LogP contribution in [0.4, 0.5) is 0 Å². The number of hydrogen-bond acceptors (Lipinski definition) is 4. The number of carbonyl (C=O) groups excluding carboxylic acids is 1. The molecule has 0 unspecified atom stereocenters. The highest BCUT2D eigenvalue weighted by atomic mass is 16.5. The molecule has 0 spiro atoms. The Hall–Kier alpha value is -3.02. The van der Waals surface area contributed by atoms with Crippen molar-refractivity contribution in [1.82, 2.24) is 5.32 Å². The smallest absolute Gasteiger partial charge is 0.335 e. The number of benzene rings is 2. The van der Waals surface area contributed by atoms with Gasteiger partial charge in [0.25, 0.3) is 5.91 Å². The molecule has 6 heteroatoms. The number of amides is 1. The van der Waals surface area contributed by atoms with Gasteiger partial charge in [-0.15, -0.1) is 0 Å². The fourth-order valence-corrected chi connectivity index (χ4v) is 1.90. The number of nitrogens with one attached hydrogen (secondary N) is 1. The lowest BCUT2D eigenvalue weighted by molar-refractivity contribution is -0.123. The summed E-state index contributed by atoms with van der Waals surface area (Å²) in [6.07, 6.45) is 0. The predicted octanol–water partition coefficient (Wildman–Crippen LogP) is 2.09. The Morgan fingerprint density at radius 1 is 1.09 bits per heavy atom. The molecule has 1 amide bonds. The summed E-state index contributed by atoms with van der Waals surface area (Å²) in [5.74, 6) is -0.286. The van der Waals surface area contributed by atoms with Gasteiger partial charge in [0.15, 0.2) is 6.61 Å². The molecule has 2 N–H and O–H groups in total. The minimum Gasteiger partial charge on any atom is -0.497 e. The van der Waals surface area contributed by atoms with Crippen molar-refractivity contribution in [3.63, 3.8) is 0 Å². The molecule has 0 atom stereocenters. The summed E-state index contributed by atoms with van der Waals surface area (Å²) >= 11 is 0. The Morgan fingerprint density at radius 2 is 1.83 bits per heavy atom. The van der Waals surface area contributed by atoms with Gasteiger partial charge < -0.3 is 19.9 Å². The quantitative estimate of drug-likeness (QED) is 0.817. The van der Waals surface area contributed by atoms with Gasteiger partial charge in [0, 0.05) is 6.54 Å². The zero-order valence-corrected chi connectivity index (χ0v) is 12.6. The van der Waals surface area contributed by atoms with Gasteiger partial charge in [-0.25, -0.2) is 4.79 Å². The van der Waals surface area contributed by atoms with E-state index in [9.17, 15) is 9.59 Å². The average Bonchev–Trinajstić information content (AvgIpc) is 2.58. The zero-order chi connectivity index (χ0) is 16.7. The topological polar surface area (TPSA) is 84.9 Å². The van der Waals surface area contributed by atoms with Crippen molar-refractivity contribution >= 4 is 11.9 Å². The Morgan fingerprint density at radius 3 is 2.57 bits per heavy atom. The summed E-state index contributed by atoms with van der Waals surface area (Å²) in [6, 6.07) is 13.4. The summed E-state index contributed by atoms with van der Waals surface area (Å²) in [4.78, 5) is 22.6. The van der Waals surface area contributed by atoms with E-state index >= 15 is 0 Å². The first-order valence-electron chi connectivity index (χ1n) is 6.94. The molecule has 0 aliphatic rings. The summed E-state index contributed by atoms with van der Waals surface area (Å²) < 4.78 is 10.4. The van der Waals surface area contributed by atoms with Crippen LogP contribution in [0.15, 0.2) is 48.5 Å². The van der Waals surface area contributed by atoms with E-state index in [1.807, 2.05) is 24.3 Å². The van der Waals surface area contributed by atoms with Gasteiger partial charge in [0.05, 0.1) is 12.7 Å². The molecule has 0 saturated carbocycles. The number of carbonyl (C=O) groups is 2. The number of aromatic carboxylic acids is 1. The van der Waals surface area contributed by atoms with E-state index < -0.39 is 5.97 Å². The van der Waals surface area contributed by atoms with Gasteiger partial charge in [0.1, 0.15) is 11.5 Å². The zero-order valence-electron chi connectivity index (χ0n) is 12.6. The maximum atomic E-state index is 11.8. The van der Waals surface area contributed by atoms with Crippen LogP contribution in [0.5, 0.6) is 11.5 Å². The summed E-state index contributed by atoms with van der Waals surface area (Å²) in [5.41, 5.74) is 1.02. The molecular formula is C17H17NO5. The van der Waals surface area contributed by atoms with Crippen molar-refractivity contribution < 1.29 is 24.2 Å². The standard InChI is InChI=1S/C17H17NO5/c1-22-14-6-2-4-12(8-14)10-18-16(19)11-23-15-7-3-5-13(9-15)17(20)21/h2-9H,10-11H2,1H3,(H,18,19)(H,20,21). The number of carboxylic acids is 1. The van der Waals surface area contributed by atoms with Gasteiger partial charge in [-0.2, -0.15) is 0 Å². The third kappa shape index (κ3) is 5.03. The molecule has 0 aliphatic heterocycles. The first-order valence-corrected chi connectivity index (χ1v) is 6.94. The lowest BCUT2D eigenvalue weighted by atomic mass is 10.2. The average molecular weight is 315 g/mol. The number of carboxylic acid groups (broad SMARTS) is 1. The second-order valence-electron chi connectivity index (χ2n) is 4.75. The Kier molecular flexibility index (Phi) is 5.57. The Bertz CT molecular complexity index is 699. The number of rotatable bonds is 7. The van der Waals surface area contributed by atoms with E-state index in [0.717, 1.165) is 11.3 Å². The van der Waals surface area contributed by atoms with Crippen LogP contribution < -0.4 is 14.8 Å². The molecule has 23 heavy (non-hydrogen) atoms. The predicted molar refractivity (Wildman–Crippen MR) is 83.7 cm³/mol. The van der Waals surface area contributed by atoms with Crippen LogP contribution in [-0.2, 0) is 11.3 Å². The van der Waals surface area contributed by atoms with Gasteiger partial charge in [0.2, 0.25) is 0 Å². The normalized spacial score (nSPS) is 9.96. The van der Waals surface area contributed by atoms with Crippen molar-refractivity contribution in [2.24, 2.45) is 0 Å². The monoisotopic (exact) mass is 315 g/mol. The third-order valence-electron chi connectivity index (χ3n) is 3.07. The van der Waals surface area contributed by atoms with E-state index in [4.69, 9.17) is 14.6 Å². The molecular weight excluding hydrogens is 298 g/mol. The van der Waals surface area contributed by atoms with E-state index in [1.54, 1.807) is 19.2 Å². The molecule has 2 rings (SSSR count). The third-order valence-corrected chi connectivity index (χ3v) is 3.07. The van der Waals surface area contributed by atoms with Gasteiger partial charge >= 0.3 is 5.97 Å². The van der Waals surface area contributed by atoms with Gasteiger partial charge in [-0.05, 0) is 35.9 Å². The molecule has 6 nitrogen and oxygen atoms in total. The van der Waals surface area contributed by atoms with Crippen molar-refractivity contribution in [3.05, 3.63) is 59.7 Å². The number of ether oxygens (including phenoxy) is 2. The van der Waals surface area contributed by atoms with Crippen LogP contribution in [0, 0.1) is 0 Å². The SMILES string of the molecule is COc1cccc(CNC(=O)COc2cccc(C(=O)O)c2)c1. The first kappa shape index (κ1) is 16.4. The second-order valence-corrected chi connectivity index (χ2v) is 4.75. The van der Waals surface area contributed by atoms with Crippen LogP contribution in [0.3, 0.4) is 0 Å². The molecule has 0 heterocycles. The van der Waals surface area contributed by atoms with Crippen molar-refractivity contribution in [2.45, 2.75) is 6.54 Å². The number of hydrogen-bond donors (Lipinski definition) is 2. The number of methoxy groups -OCH3 is 1. The van der Waals surface area contributed by atoms with Crippen LogP contribution >= 0.6 is 0 Å². The van der Waals surface area contributed by atoms with Crippen LogP contribution in [0.25, 0.3) is 0 Å². The Labute approximate surface area is 133 Å². The Balaban J connectivity index is 1.83. The van der Waals surface area contributed by atoms with Crippen LogP contribution in [-0.4, -0.2) is 30.7 Å². The molecule has 0 aromatic heterocycles. The molecule has 0 bridgehead atoms. The molecule has 0 aliphatic carbocycles. The maximum absolute atomic E-state index is 11.8. The highest BCUT2D eigenvalue weighted by molar-refractivity contribution is 5.88. The summed E-state index contributed by atoms with van der Waals surface area (Å²) in [7, 11) is 1.58. The highest BCUT2D eigenvalue weighted by Crippen LogP contribution is 2.14. The highest BCUT2D eigenvalue weighted by Gasteiger charge is 2.06. The van der Waals surface area contributed by atoms with Crippen molar-refractivity contribution in [1.29, 1.82) is 0 Å². The minimum absolute atomic E-state index is 0.110.